The van der Waals surface area contributed by atoms with Gasteiger partial charge in [0, 0.05) is 12.6 Å². The van der Waals surface area contributed by atoms with Crippen molar-refractivity contribution in [3.63, 3.8) is 0 Å². The summed E-state index contributed by atoms with van der Waals surface area (Å²) >= 11 is 0. The van der Waals surface area contributed by atoms with Crippen molar-refractivity contribution in [3.05, 3.63) is 48.0 Å². The molecule has 2 nitrogen and oxygen atoms in total. The lowest BCUT2D eigenvalue weighted by atomic mass is 9.98. The molecule has 1 aliphatic carbocycles. The van der Waals surface area contributed by atoms with E-state index in [-0.39, 0.29) is 12.1 Å². The lowest BCUT2D eigenvalue weighted by Gasteiger charge is -2.25. The van der Waals surface area contributed by atoms with Gasteiger partial charge < -0.3 is 10.4 Å². The molecule has 0 heterocycles. The van der Waals surface area contributed by atoms with Gasteiger partial charge in [-0.05, 0) is 31.2 Å². The van der Waals surface area contributed by atoms with Crippen LogP contribution in [0.25, 0.3) is 0 Å². The molecule has 0 amide bonds. The van der Waals surface area contributed by atoms with Crippen LogP contribution in [0.2, 0.25) is 0 Å². The highest BCUT2D eigenvalue weighted by molar-refractivity contribution is 5.14. The van der Waals surface area contributed by atoms with Gasteiger partial charge in [0.1, 0.15) is 0 Å². The van der Waals surface area contributed by atoms with Gasteiger partial charge in [0.2, 0.25) is 0 Å². The summed E-state index contributed by atoms with van der Waals surface area (Å²) in [4.78, 5) is 0. The van der Waals surface area contributed by atoms with E-state index >= 15 is 0 Å². The topological polar surface area (TPSA) is 32.3 Å². The van der Waals surface area contributed by atoms with E-state index in [4.69, 9.17) is 0 Å². The molecule has 17 heavy (non-hydrogen) atoms. The summed E-state index contributed by atoms with van der Waals surface area (Å²) in [6.07, 6.45) is 8.12. The minimum atomic E-state index is -0.219. The Hall–Kier alpha value is -1.12. The molecule has 0 saturated carbocycles. The largest absolute Gasteiger partial charge is 0.391 e. The Kier molecular flexibility index (Phi) is 4.77. The SMILES string of the molecule is OC1CC/C=C/CCC1NCc1ccccc1. The predicted molar refractivity (Wildman–Crippen MR) is 70.7 cm³/mol. The lowest BCUT2D eigenvalue weighted by Crippen LogP contribution is -2.39. The van der Waals surface area contributed by atoms with Crippen molar-refractivity contribution in [1.82, 2.24) is 5.32 Å². The van der Waals surface area contributed by atoms with Crippen LogP contribution >= 0.6 is 0 Å². The maximum absolute atomic E-state index is 10.1. The van der Waals surface area contributed by atoms with Crippen LogP contribution < -0.4 is 5.32 Å². The van der Waals surface area contributed by atoms with E-state index < -0.39 is 0 Å². The van der Waals surface area contributed by atoms with E-state index in [1.165, 1.54) is 5.56 Å². The van der Waals surface area contributed by atoms with E-state index in [0.29, 0.717) is 0 Å². The molecule has 92 valence electrons. The van der Waals surface area contributed by atoms with Gasteiger partial charge in [-0.2, -0.15) is 0 Å². The Morgan fingerprint density at radius 2 is 1.76 bits per heavy atom. The monoisotopic (exact) mass is 231 g/mol. The average molecular weight is 231 g/mol. The van der Waals surface area contributed by atoms with Crippen LogP contribution in [0.4, 0.5) is 0 Å². The molecule has 0 radical (unpaired) electrons. The van der Waals surface area contributed by atoms with Crippen molar-refractivity contribution in [2.75, 3.05) is 0 Å². The van der Waals surface area contributed by atoms with Crippen LogP contribution in [-0.2, 0) is 6.54 Å². The molecule has 2 heteroatoms. The van der Waals surface area contributed by atoms with Crippen LogP contribution in [-0.4, -0.2) is 17.3 Å². The molecule has 0 aliphatic heterocycles. The number of hydrogen-bond donors (Lipinski definition) is 2. The fourth-order valence-electron chi connectivity index (χ4n) is 2.25. The van der Waals surface area contributed by atoms with E-state index in [1.807, 2.05) is 18.2 Å². The predicted octanol–water partition coefficient (Wildman–Crippen LogP) is 2.64. The zero-order valence-corrected chi connectivity index (χ0v) is 10.2. The summed E-state index contributed by atoms with van der Waals surface area (Å²) in [5.41, 5.74) is 1.28. The Morgan fingerprint density at radius 1 is 1.06 bits per heavy atom. The summed E-state index contributed by atoms with van der Waals surface area (Å²) in [6, 6.07) is 10.6. The number of hydrogen-bond acceptors (Lipinski definition) is 2. The summed E-state index contributed by atoms with van der Waals surface area (Å²) in [6.45, 7) is 0.840. The van der Waals surface area contributed by atoms with Gasteiger partial charge in [-0.25, -0.2) is 0 Å². The first-order valence-electron chi connectivity index (χ1n) is 6.46. The maximum Gasteiger partial charge on any atom is 0.0696 e. The molecule has 0 saturated heterocycles. The number of nitrogens with one attached hydrogen (secondary N) is 1. The summed E-state index contributed by atoms with van der Waals surface area (Å²) in [7, 11) is 0. The van der Waals surface area contributed by atoms with Gasteiger partial charge in [0.15, 0.2) is 0 Å². The molecule has 2 atom stereocenters. The van der Waals surface area contributed by atoms with Crippen molar-refractivity contribution in [1.29, 1.82) is 0 Å². The highest BCUT2D eigenvalue weighted by atomic mass is 16.3. The molecule has 0 spiro atoms. The molecule has 0 aromatic heterocycles. The zero-order valence-electron chi connectivity index (χ0n) is 10.2. The third kappa shape index (κ3) is 3.99. The van der Waals surface area contributed by atoms with E-state index in [1.54, 1.807) is 0 Å². The maximum atomic E-state index is 10.1. The summed E-state index contributed by atoms with van der Waals surface area (Å²) in [5, 5.41) is 13.5. The molecular formula is C15H21NO. The quantitative estimate of drug-likeness (QED) is 0.784. The van der Waals surface area contributed by atoms with Gasteiger partial charge in [-0.3, -0.25) is 0 Å². The molecule has 2 N–H and O–H groups in total. The van der Waals surface area contributed by atoms with Crippen molar-refractivity contribution < 1.29 is 5.11 Å². The second kappa shape index (κ2) is 6.58. The van der Waals surface area contributed by atoms with Gasteiger partial charge in [-0.15, -0.1) is 0 Å². The molecule has 2 rings (SSSR count). The van der Waals surface area contributed by atoms with Gasteiger partial charge in [0.05, 0.1) is 6.10 Å². The molecule has 1 aromatic rings. The molecular weight excluding hydrogens is 210 g/mol. The number of benzene rings is 1. The Bertz CT molecular complexity index is 347. The number of aliphatic hydroxyl groups excluding tert-OH is 1. The first-order valence-corrected chi connectivity index (χ1v) is 6.46. The molecule has 0 fully saturated rings. The number of aliphatic hydroxyl groups is 1. The Morgan fingerprint density at radius 3 is 2.53 bits per heavy atom. The van der Waals surface area contributed by atoms with Crippen LogP contribution in [0.1, 0.15) is 31.2 Å². The van der Waals surface area contributed by atoms with Crippen molar-refractivity contribution in [3.8, 4) is 0 Å². The van der Waals surface area contributed by atoms with E-state index in [2.05, 4.69) is 29.6 Å². The van der Waals surface area contributed by atoms with Crippen LogP contribution in [0.15, 0.2) is 42.5 Å². The summed E-state index contributed by atoms with van der Waals surface area (Å²) < 4.78 is 0. The molecule has 1 aromatic carbocycles. The van der Waals surface area contributed by atoms with Crippen LogP contribution in [0.5, 0.6) is 0 Å². The normalized spacial score (nSPS) is 27.1. The van der Waals surface area contributed by atoms with E-state index in [0.717, 1.165) is 32.2 Å². The Labute approximate surface area is 103 Å². The first-order chi connectivity index (χ1) is 8.36. The Balaban J connectivity index is 1.86. The minimum absolute atomic E-state index is 0.219. The molecule has 2 unspecified atom stereocenters. The molecule has 0 bridgehead atoms. The summed E-state index contributed by atoms with van der Waals surface area (Å²) in [5.74, 6) is 0. The number of rotatable bonds is 3. The smallest absolute Gasteiger partial charge is 0.0696 e. The third-order valence-corrected chi connectivity index (χ3v) is 3.32. The highest BCUT2D eigenvalue weighted by Crippen LogP contribution is 2.14. The highest BCUT2D eigenvalue weighted by Gasteiger charge is 2.18. The second-order valence-corrected chi connectivity index (χ2v) is 4.67. The number of allylic oxidation sites excluding steroid dienone is 2. The minimum Gasteiger partial charge on any atom is -0.391 e. The van der Waals surface area contributed by atoms with Crippen LogP contribution in [0.3, 0.4) is 0 Å². The van der Waals surface area contributed by atoms with Gasteiger partial charge >= 0.3 is 0 Å². The average Bonchev–Trinajstić information content (AvgIpc) is 2.35. The standard InChI is InChI=1S/C15H21NO/c17-15-11-7-2-1-6-10-14(15)16-12-13-8-4-3-5-9-13/h1-5,8-9,14-17H,6-7,10-12H2/b2-1+. The van der Waals surface area contributed by atoms with E-state index in [9.17, 15) is 5.11 Å². The first kappa shape index (κ1) is 12.3. The van der Waals surface area contributed by atoms with Crippen molar-refractivity contribution in [2.45, 2.75) is 44.4 Å². The van der Waals surface area contributed by atoms with Gasteiger partial charge in [0.25, 0.3) is 0 Å². The molecule has 1 aliphatic rings. The fourth-order valence-corrected chi connectivity index (χ4v) is 2.25. The van der Waals surface area contributed by atoms with Crippen molar-refractivity contribution >= 4 is 0 Å². The second-order valence-electron chi connectivity index (χ2n) is 4.67. The fraction of sp³-hybridized carbons (Fsp3) is 0.467. The lowest BCUT2D eigenvalue weighted by molar-refractivity contribution is 0.113. The van der Waals surface area contributed by atoms with Crippen LogP contribution in [0, 0.1) is 0 Å². The zero-order chi connectivity index (χ0) is 11.9. The van der Waals surface area contributed by atoms with Crippen molar-refractivity contribution in [2.24, 2.45) is 0 Å². The third-order valence-electron chi connectivity index (χ3n) is 3.32. The van der Waals surface area contributed by atoms with Gasteiger partial charge in [-0.1, -0.05) is 42.5 Å².